The predicted octanol–water partition coefficient (Wildman–Crippen LogP) is 2.45. The van der Waals surface area contributed by atoms with Crippen molar-refractivity contribution in [3.8, 4) is 6.07 Å². The number of hydrogen-bond acceptors (Lipinski definition) is 3. The zero-order valence-corrected chi connectivity index (χ0v) is 10.6. The SMILES string of the molecule is CCC1OCCC1C(=O)Nc1ccc(C#N)cc1F. The Balaban J connectivity index is 2.09. The minimum absolute atomic E-state index is 0.0959. The second kappa shape index (κ2) is 5.81. The largest absolute Gasteiger partial charge is 0.377 e. The first-order valence-corrected chi connectivity index (χ1v) is 6.27. The smallest absolute Gasteiger partial charge is 0.230 e. The molecule has 0 radical (unpaired) electrons. The fourth-order valence-electron chi connectivity index (χ4n) is 2.26. The van der Waals surface area contributed by atoms with Gasteiger partial charge < -0.3 is 10.1 Å². The van der Waals surface area contributed by atoms with Gasteiger partial charge in [-0.25, -0.2) is 4.39 Å². The van der Waals surface area contributed by atoms with Crippen molar-refractivity contribution in [1.82, 2.24) is 0 Å². The molecule has 100 valence electrons. The fraction of sp³-hybridized carbons (Fsp3) is 0.429. The molecule has 0 aliphatic carbocycles. The van der Waals surface area contributed by atoms with Gasteiger partial charge in [0.2, 0.25) is 5.91 Å². The van der Waals surface area contributed by atoms with Gasteiger partial charge in [-0.3, -0.25) is 4.79 Å². The molecule has 0 aromatic heterocycles. The van der Waals surface area contributed by atoms with Crippen molar-refractivity contribution in [2.45, 2.75) is 25.9 Å². The molecule has 1 aromatic rings. The van der Waals surface area contributed by atoms with E-state index >= 15 is 0 Å². The highest BCUT2D eigenvalue weighted by Crippen LogP contribution is 2.25. The van der Waals surface area contributed by atoms with Crippen molar-refractivity contribution < 1.29 is 13.9 Å². The van der Waals surface area contributed by atoms with Crippen LogP contribution in [0.3, 0.4) is 0 Å². The first-order valence-electron chi connectivity index (χ1n) is 6.27. The van der Waals surface area contributed by atoms with Crippen molar-refractivity contribution >= 4 is 11.6 Å². The van der Waals surface area contributed by atoms with Gasteiger partial charge in [0, 0.05) is 6.61 Å². The van der Waals surface area contributed by atoms with Gasteiger partial charge in [0.05, 0.1) is 29.3 Å². The summed E-state index contributed by atoms with van der Waals surface area (Å²) in [5.41, 5.74) is 0.330. The van der Waals surface area contributed by atoms with E-state index in [2.05, 4.69) is 5.32 Å². The van der Waals surface area contributed by atoms with Crippen molar-refractivity contribution in [2.75, 3.05) is 11.9 Å². The van der Waals surface area contributed by atoms with E-state index in [0.29, 0.717) is 13.0 Å². The molecule has 1 fully saturated rings. The van der Waals surface area contributed by atoms with E-state index in [1.54, 1.807) is 0 Å². The first kappa shape index (κ1) is 13.5. The number of hydrogen-bond donors (Lipinski definition) is 1. The number of anilines is 1. The summed E-state index contributed by atoms with van der Waals surface area (Å²) in [6.45, 7) is 2.52. The van der Waals surface area contributed by atoms with Crippen molar-refractivity contribution in [2.24, 2.45) is 5.92 Å². The fourth-order valence-corrected chi connectivity index (χ4v) is 2.26. The van der Waals surface area contributed by atoms with Gasteiger partial charge in [-0.15, -0.1) is 0 Å². The molecule has 1 aromatic carbocycles. The summed E-state index contributed by atoms with van der Waals surface area (Å²) in [7, 11) is 0. The first-order chi connectivity index (χ1) is 9.15. The normalized spacial score (nSPS) is 21.9. The van der Waals surface area contributed by atoms with Gasteiger partial charge in [-0.2, -0.15) is 5.26 Å². The standard InChI is InChI=1S/C14H15FN2O2/c1-2-13-10(5-6-19-13)14(18)17-12-4-3-9(8-16)7-11(12)15/h3-4,7,10,13H,2,5-6H2,1H3,(H,17,18). The molecule has 1 aliphatic rings. The molecule has 19 heavy (non-hydrogen) atoms. The molecule has 2 atom stereocenters. The lowest BCUT2D eigenvalue weighted by atomic mass is 9.98. The number of nitrogens with zero attached hydrogens (tertiary/aromatic N) is 1. The zero-order valence-electron chi connectivity index (χ0n) is 10.6. The lowest BCUT2D eigenvalue weighted by Crippen LogP contribution is -2.29. The summed E-state index contributed by atoms with van der Waals surface area (Å²) in [4.78, 5) is 12.1. The average Bonchev–Trinajstić information content (AvgIpc) is 2.89. The van der Waals surface area contributed by atoms with E-state index in [1.807, 2.05) is 13.0 Å². The number of carbonyl (C=O) groups is 1. The Morgan fingerprint density at radius 1 is 1.63 bits per heavy atom. The quantitative estimate of drug-likeness (QED) is 0.910. The molecule has 0 spiro atoms. The molecular formula is C14H15FN2O2. The van der Waals surface area contributed by atoms with Crippen molar-refractivity contribution in [3.05, 3.63) is 29.6 Å². The van der Waals surface area contributed by atoms with Crippen LogP contribution in [-0.4, -0.2) is 18.6 Å². The molecule has 1 N–H and O–H groups in total. The second-order valence-corrected chi connectivity index (χ2v) is 4.51. The predicted molar refractivity (Wildman–Crippen MR) is 67.9 cm³/mol. The van der Waals surface area contributed by atoms with E-state index in [1.165, 1.54) is 12.1 Å². The summed E-state index contributed by atoms with van der Waals surface area (Å²) in [5, 5.41) is 11.2. The lowest BCUT2D eigenvalue weighted by molar-refractivity contribution is -0.121. The van der Waals surface area contributed by atoms with E-state index in [4.69, 9.17) is 10.00 Å². The number of amides is 1. The Labute approximate surface area is 111 Å². The van der Waals surface area contributed by atoms with Gasteiger partial charge in [0.15, 0.2) is 0 Å². The number of halogens is 1. The van der Waals surface area contributed by atoms with E-state index in [-0.39, 0.29) is 29.2 Å². The summed E-state index contributed by atoms with van der Waals surface area (Å²) >= 11 is 0. The lowest BCUT2D eigenvalue weighted by Gasteiger charge is -2.16. The van der Waals surface area contributed by atoms with Crippen molar-refractivity contribution in [1.29, 1.82) is 5.26 Å². The maximum atomic E-state index is 13.7. The average molecular weight is 262 g/mol. The van der Waals surface area contributed by atoms with Crippen LogP contribution in [0.1, 0.15) is 25.3 Å². The summed E-state index contributed by atoms with van der Waals surface area (Å²) < 4.78 is 19.1. The van der Waals surface area contributed by atoms with Gasteiger partial charge in [0.1, 0.15) is 5.82 Å². The number of nitrogens with one attached hydrogen (secondary N) is 1. The molecule has 1 amide bonds. The van der Waals surface area contributed by atoms with Crippen LogP contribution in [0, 0.1) is 23.1 Å². The van der Waals surface area contributed by atoms with Gasteiger partial charge >= 0.3 is 0 Å². The zero-order chi connectivity index (χ0) is 13.8. The van der Waals surface area contributed by atoms with Crippen LogP contribution >= 0.6 is 0 Å². The molecule has 2 rings (SSSR count). The molecule has 1 aliphatic heterocycles. The van der Waals surface area contributed by atoms with Crippen molar-refractivity contribution in [3.63, 3.8) is 0 Å². The molecule has 4 nitrogen and oxygen atoms in total. The number of benzene rings is 1. The minimum Gasteiger partial charge on any atom is -0.377 e. The third-order valence-electron chi connectivity index (χ3n) is 3.30. The van der Waals surface area contributed by atoms with Crippen LogP contribution in [0.25, 0.3) is 0 Å². The topological polar surface area (TPSA) is 62.1 Å². The Bertz CT molecular complexity index is 525. The van der Waals surface area contributed by atoms with E-state index < -0.39 is 5.82 Å². The Morgan fingerprint density at radius 2 is 2.42 bits per heavy atom. The number of ether oxygens (including phenoxy) is 1. The van der Waals surface area contributed by atoms with Gasteiger partial charge in [-0.05, 0) is 31.0 Å². The third-order valence-corrected chi connectivity index (χ3v) is 3.30. The van der Waals surface area contributed by atoms with Crippen LogP contribution in [0.4, 0.5) is 10.1 Å². The minimum atomic E-state index is -0.598. The maximum absolute atomic E-state index is 13.7. The molecule has 0 bridgehead atoms. The highest BCUT2D eigenvalue weighted by atomic mass is 19.1. The van der Waals surface area contributed by atoms with Crippen LogP contribution in [-0.2, 0) is 9.53 Å². The molecule has 0 saturated carbocycles. The monoisotopic (exact) mass is 262 g/mol. The Kier molecular flexibility index (Phi) is 4.13. The molecule has 1 saturated heterocycles. The number of rotatable bonds is 3. The molecule has 1 heterocycles. The van der Waals surface area contributed by atoms with Crippen LogP contribution < -0.4 is 5.32 Å². The van der Waals surface area contributed by atoms with E-state index in [0.717, 1.165) is 12.5 Å². The summed E-state index contributed by atoms with van der Waals surface area (Å²) in [5.74, 6) is -1.06. The third kappa shape index (κ3) is 2.91. The maximum Gasteiger partial charge on any atom is 0.230 e. The van der Waals surface area contributed by atoms with Gasteiger partial charge in [0.25, 0.3) is 0 Å². The second-order valence-electron chi connectivity index (χ2n) is 4.51. The highest BCUT2D eigenvalue weighted by Gasteiger charge is 2.33. The Morgan fingerprint density at radius 3 is 3.05 bits per heavy atom. The summed E-state index contributed by atoms with van der Waals surface area (Å²) in [6.07, 6.45) is 1.32. The highest BCUT2D eigenvalue weighted by molar-refractivity contribution is 5.93. The molecule has 2 unspecified atom stereocenters. The van der Waals surface area contributed by atoms with Crippen LogP contribution in [0.2, 0.25) is 0 Å². The van der Waals surface area contributed by atoms with E-state index in [9.17, 15) is 9.18 Å². The van der Waals surface area contributed by atoms with Gasteiger partial charge in [-0.1, -0.05) is 6.92 Å². The van der Waals surface area contributed by atoms with Crippen LogP contribution in [0.5, 0.6) is 0 Å². The molecular weight excluding hydrogens is 247 g/mol. The summed E-state index contributed by atoms with van der Waals surface area (Å²) in [6, 6.07) is 5.83. The number of nitriles is 1. The molecule has 5 heteroatoms. The Hall–Kier alpha value is -1.93. The van der Waals surface area contributed by atoms with Crippen LogP contribution in [0.15, 0.2) is 18.2 Å². The number of carbonyl (C=O) groups excluding carboxylic acids is 1.